The van der Waals surface area contributed by atoms with Crippen molar-refractivity contribution in [3.63, 3.8) is 0 Å². The van der Waals surface area contributed by atoms with Crippen LogP contribution in [0, 0.1) is 5.92 Å². The number of nitrogens with zero attached hydrogens (tertiary/aromatic N) is 1. The zero-order valence-corrected chi connectivity index (χ0v) is 7.66. The lowest BCUT2D eigenvalue weighted by Crippen LogP contribution is -1.99. The van der Waals surface area contributed by atoms with E-state index in [0.29, 0.717) is 0 Å². The molecule has 1 saturated carbocycles. The maximum atomic E-state index is 11.8. The van der Waals surface area contributed by atoms with E-state index in [-0.39, 0.29) is 11.7 Å². The van der Waals surface area contributed by atoms with Gasteiger partial charge in [-0.3, -0.25) is 4.79 Å². The van der Waals surface area contributed by atoms with Gasteiger partial charge in [-0.1, -0.05) is 0 Å². The van der Waals surface area contributed by atoms with Gasteiger partial charge in [0.2, 0.25) is 0 Å². The number of H-pyrrole nitrogens is 1. The number of aromatic nitrogens is 2. The van der Waals surface area contributed by atoms with Crippen LogP contribution in [0.1, 0.15) is 23.2 Å². The summed E-state index contributed by atoms with van der Waals surface area (Å²) in [6.07, 6.45) is 5.60. The molecule has 0 unspecified atom stereocenters. The van der Waals surface area contributed by atoms with Crippen molar-refractivity contribution in [3.8, 4) is 0 Å². The maximum absolute atomic E-state index is 11.8. The normalized spacial score (nSPS) is 16.0. The molecular weight excluding hydrogens is 176 g/mol. The van der Waals surface area contributed by atoms with Crippen LogP contribution in [-0.4, -0.2) is 15.8 Å². The Morgan fingerprint density at radius 2 is 2.36 bits per heavy atom. The summed E-state index contributed by atoms with van der Waals surface area (Å²) in [4.78, 5) is 19.0. The van der Waals surface area contributed by atoms with Crippen molar-refractivity contribution in [2.45, 2.75) is 12.8 Å². The molecule has 1 aliphatic rings. The summed E-state index contributed by atoms with van der Waals surface area (Å²) in [5.74, 6) is 0.540. The lowest BCUT2D eigenvalue weighted by molar-refractivity contribution is 0.0969. The smallest absolute Gasteiger partial charge is 0.168 e. The van der Waals surface area contributed by atoms with Gasteiger partial charge in [0.25, 0.3) is 0 Å². The van der Waals surface area contributed by atoms with Crippen molar-refractivity contribution in [1.82, 2.24) is 9.97 Å². The molecule has 1 aliphatic carbocycles. The Hall–Kier alpha value is -1.64. The SMILES string of the molecule is O=C(c1c[nH]c2ncccc12)C1CC1. The topological polar surface area (TPSA) is 45.8 Å². The van der Waals surface area contributed by atoms with Gasteiger partial charge in [-0.25, -0.2) is 4.98 Å². The van der Waals surface area contributed by atoms with Crippen molar-refractivity contribution in [2.75, 3.05) is 0 Å². The molecule has 3 rings (SSSR count). The number of hydrogen-bond acceptors (Lipinski definition) is 2. The van der Waals surface area contributed by atoms with Crippen molar-refractivity contribution in [1.29, 1.82) is 0 Å². The van der Waals surface area contributed by atoms with Crippen LogP contribution in [0.3, 0.4) is 0 Å². The number of nitrogens with one attached hydrogen (secondary N) is 1. The van der Waals surface area contributed by atoms with Crippen LogP contribution in [0.4, 0.5) is 0 Å². The minimum Gasteiger partial charge on any atom is -0.345 e. The molecule has 2 heterocycles. The first kappa shape index (κ1) is 7.74. The molecule has 14 heavy (non-hydrogen) atoms. The summed E-state index contributed by atoms with van der Waals surface area (Å²) < 4.78 is 0. The zero-order valence-electron chi connectivity index (χ0n) is 7.66. The lowest BCUT2D eigenvalue weighted by Gasteiger charge is -1.94. The first-order valence-electron chi connectivity index (χ1n) is 4.82. The number of rotatable bonds is 2. The van der Waals surface area contributed by atoms with Crippen molar-refractivity contribution >= 4 is 16.8 Å². The van der Waals surface area contributed by atoms with E-state index in [4.69, 9.17) is 0 Å². The van der Waals surface area contributed by atoms with Crippen LogP contribution in [-0.2, 0) is 0 Å². The number of fused-ring (bicyclic) bond motifs is 1. The molecular formula is C11H10N2O. The predicted molar refractivity (Wildman–Crippen MR) is 53.1 cm³/mol. The lowest BCUT2D eigenvalue weighted by atomic mass is 10.1. The van der Waals surface area contributed by atoms with Crippen LogP contribution in [0.15, 0.2) is 24.5 Å². The number of ketones is 1. The molecule has 0 aliphatic heterocycles. The fourth-order valence-corrected chi connectivity index (χ4v) is 1.73. The molecule has 70 valence electrons. The summed E-state index contributed by atoms with van der Waals surface area (Å²) in [7, 11) is 0. The Bertz CT molecular complexity index is 497. The summed E-state index contributed by atoms with van der Waals surface area (Å²) in [5, 5.41) is 0.949. The highest BCUT2D eigenvalue weighted by Crippen LogP contribution is 2.34. The third kappa shape index (κ3) is 1.05. The van der Waals surface area contributed by atoms with Gasteiger partial charge in [-0.2, -0.15) is 0 Å². The number of carbonyl (C=O) groups is 1. The number of aromatic amines is 1. The molecule has 0 aromatic carbocycles. The van der Waals surface area contributed by atoms with Gasteiger partial charge in [0.05, 0.1) is 0 Å². The van der Waals surface area contributed by atoms with Gasteiger partial charge in [-0.15, -0.1) is 0 Å². The van der Waals surface area contributed by atoms with Crippen molar-refractivity contribution in [2.24, 2.45) is 5.92 Å². The quantitative estimate of drug-likeness (QED) is 0.730. The number of pyridine rings is 1. The van der Waals surface area contributed by atoms with Gasteiger partial charge in [0.1, 0.15) is 5.65 Å². The Balaban J connectivity index is 2.16. The minimum atomic E-state index is 0.268. The first-order valence-corrected chi connectivity index (χ1v) is 4.82. The minimum absolute atomic E-state index is 0.268. The van der Waals surface area contributed by atoms with E-state index in [1.807, 2.05) is 12.1 Å². The molecule has 0 bridgehead atoms. The highest BCUT2D eigenvalue weighted by Gasteiger charge is 2.31. The third-order valence-corrected chi connectivity index (χ3v) is 2.66. The zero-order chi connectivity index (χ0) is 9.54. The molecule has 3 nitrogen and oxygen atoms in total. The molecule has 0 atom stereocenters. The maximum Gasteiger partial charge on any atom is 0.168 e. The fraction of sp³-hybridized carbons (Fsp3) is 0.273. The Kier molecular flexibility index (Phi) is 1.48. The molecule has 0 spiro atoms. The fourth-order valence-electron chi connectivity index (χ4n) is 1.73. The van der Waals surface area contributed by atoms with Crippen LogP contribution in [0.25, 0.3) is 11.0 Å². The van der Waals surface area contributed by atoms with Crippen molar-refractivity contribution < 1.29 is 4.79 Å². The van der Waals surface area contributed by atoms with E-state index in [2.05, 4.69) is 9.97 Å². The molecule has 3 heteroatoms. The van der Waals surface area contributed by atoms with E-state index < -0.39 is 0 Å². The van der Waals surface area contributed by atoms with Gasteiger partial charge in [-0.05, 0) is 25.0 Å². The van der Waals surface area contributed by atoms with Crippen molar-refractivity contribution in [3.05, 3.63) is 30.1 Å². The van der Waals surface area contributed by atoms with Gasteiger partial charge < -0.3 is 4.98 Å². The summed E-state index contributed by atoms with van der Waals surface area (Å²) in [5.41, 5.74) is 1.60. The van der Waals surface area contributed by atoms with Crippen LogP contribution in [0.2, 0.25) is 0 Å². The Morgan fingerprint density at radius 1 is 1.50 bits per heavy atom. The molecule has 1 N–H and O–H groups in total. The molecule has 0 amide bonds. The third-order valence-electron chi connectivity index (χ3n) is 2.66. The number of carbonyl (C=O) groups excluding carboxylic acids is 1. The average Bonchev–Trinajstić information content (AvgIpc) is 2.97. The second kappa shape index (κ2) is 2.67. The first-order chi connectivity index (χ1) is 6.86. The monoisotopic (exact) mass is 186 g/mol. The van der Waals surface area contributed by atoms with Gasteiger partial charge >= 0.3 is 0 Å². The van der Waals surface area contributed by atoms with E-state index in [1.165, 1.54) is 0 Å². The number of hydrogen-bond donors (Lipinski definition) is 1. The molecule has 0 radical (unpaired) electrons. The van der Waals surface area contributed by atoms with Gasteiger partial charge in [0, 0.05) is 29.3 Å². The molecule has 1 fully saturated rings. The Morgan fingerprint density at radius 3 is 3.14 bits per heavy atom. The molecule has 2 aromatic heterocycles. The average molecular weight is 186 g/mol. The second-order valence-electron chi connectivity index (χ2n) is 3.74. The molecule has 2 aromatic rings. The highest BCUT2D eigenvalue weighted by molar-refractivity contribution is 6.08. The summed E-state index contributed by atoms with van der Waals surface area (Å²) in [6, 6.07) is 3.80. The Labute approximate surface area is 81.2 Å². The van der Waals surface area contributed by atoms with Gasteiger partial charge in [0.15, 0.2) is 5.78 Å². The summed E-state index contributed by atoms with van der Waals surface area (Å²) in [6.45, 7) is 0. The summed E-state index contributed by atoms with van der Waals surface area (Å²) >= 11 is 0. The standard InChI is InChI=1S/C11H10N2O/c14-10(7-3-4-7)9-6-13-11-8(9)2-1-5-12-11/h1-2,5-7H,3-4H2,(H,12,13). The van der Waals surface area contributed by atoms with E-state index >= 15 is 0 Å². The predicted octanol–water partition coefficient (Wildman–Crippen LogP) is 2.16. The largest absolute Gasteiger partial charge is 0.345 e. The van der Waals surface area contributed by atoms with Crippen LogP contribution >= 0.6 is 0 Å². The van der Waals surface area contributed by atoms with Crippen LogP contribution < -0.4 is 0 Å². The second-order valence-corrected chi connectivity index (χ2v) is 3.74. The van der Waals surface area contributed by atoms with E-state index in [1.54, 1.807) is 12.4 Å². The molecule has 0 saturated heterocycles. The van der Waals surface area contributed by atoms with Crippen LogP contribution in [0.5, 0.6) is 0 Å². The van der Waals surface area contributed by atoms with E-state index in [0.717, 1.165) is 29.4 Å². The van der Waals surface area contributed by atoms with E-state index in [9.17, 15) is 4.79 Å². The number of Topliss-reactive ketones (excluding diaryl/α,β-unsaturated/α-hetero) is 1. The highest BCUT2D eigenvalue weighted by atomic mass is 16.1.